The summed E-state index contributed by atoms with van der Waals surface area (Å²) < 4.78 is 5.42. The van der Waals surface area contributed by atoms with Crippen LogP contribution in [0, 0.1) is 0 Å². The fourth-order valence-corrected chi connectivity index (χ4v) is 7.02. The van der Waals surface area contributed by atoms with Crippen LogP contribution >= 0.6 is 0 Å². The number of amides is 1. The van der Waals surface area contributed by atoms with E-state index in [9.17, 15) is 19.8 Å². The zero-order valence-corrected chi connectivity index (χ0v) is 36.0. The number of aliphatic hydroxyl groups is 2. The highest BCUT2D eigenvalue weighted by atomic mass is 16.5. The maximum atomic E-state index is 12.4. The van der Waals surface area contributed by atoms with E-state index < -0.39 is 12.1 Å². The molecule has 0 saturated carbocycles. The SMILES string of the molecule is CCCC/C=C\CCCCCCCC(=O)OCCCCCCCC/C=C\CCCCCC(=O)NC(CO)C(O)CCCCCCCCCCCCCCC. The lowest BCUT2D eigenvalue weighted by molar-refractivity contribution is -0.143. The van der Waals surface area contributed by atoms with Gasteiger partial charge >= 0.3 is 5.97 Å². The van der Waals surface area contributed by atoms with Gasteiger partial charge in [0.2, 0.25) is 5.91 Å². The van der Waals surface area contributed by atoms with Crippen molar-refractivity contribution < 1.29 is 24.5 Å². The molecule has 3 N–H and O–H groups in total. The number of ether oxygens (including phenoxy) is 1. The molecule has 54 heavy (non-hydrogen) atoms. The molecule has 0 aromatic carbocycles. The molecule has 0 heterocycles. The van der Waals surface area contributed by atoms with Crippen LogP contribution < -0.4 is 5.32 Å². The Balaban J connectivity index is 3.52. The van der Waals surface area contributed by atoms with Gasteiger partial charge in [-0.3, -0.25) is 9.59 Å². The van der Waals surface area contributed by atoms with E-state index in [1.165, 1.54) is 141 Å². The van der Waals surface area contributed by atoms with Gasteiger partial charge in [0, 0.05) is 12.8 Å². The second-order valence-electron chi connectivity index (χ2n) is 16.1. The summed E-state index contributed by atoms with van der Waals surface area (Å²) in [5.41, 5.74) is 0. The number of unbranched alkanes of at least 4 members (excludes halogenated alkanes) is 28. The lowest BCUT2D eigenvalue weighted by Gasteiger charge is -2.22. The Morgan fingerprint density at radius 3 is 1.39 bits per heavy atom. The van der Waals surface area contributed by atoms with Gasteiger partial charge in [-0.25, -0.2) is 0 Å². The first-order valence-electron chi connectivity index (χ1n) is 23.6. The third kappa shape index (κ3) is 40.0. The third-order valence-electron chi connectivity index (χ3n) is 10.7. The Kier molecular flexibility index (Phi) is 42.7. The van der Waals surface area contributed by atoms with Crippen LogP contribution in [-0.4, -0.2) is 47.4 Å². The zero-order chi connectivity index (χ0) is 39.4. The predicted octanol–water partition coefficient (Wildman–Crippen LogP) is 13.6. The largest absolute Gasteiger partial charge is 0.466 e. The molecule has 6 heteroatoms. The second kappa shape index (κ2) is 44.1. The van der Waals surface area contributed by atoms with Gasteiger partial charge in [-0.15, -0.1) is 0 Å². The average molecular weight is 762 g/mol. The summed E-state index contributed by atoms with van der Waals surface area (Å²) in [7, 11) is 0. The average Bonchev–Trinajstić information content (AvgIpc) is 3.17. The molecule has 0 bridgehead atoms. The summed E-state index contributed by atoms with van der Waals surface area (Å²) in [4.78, 5) is 24.3. The molecule has 0 aromatic heterocycles. The molecule has 0 aliphatic carbocycles. The molecule has 0 radical (unpaired) electrons. The number of hydrogen-bond acceptors (Lipinski definition) is 5. The van der Waals surface area contributed by atoms with Crippen molar-refractivity contribution in [2.45, 2.75) is 257 Å². The Morgan fingerprint density at radius 1 is 0.500 bits per heavy atom. The minimum atomic E-state index is -0.680. The fraction of sp³-hybridized carbons (Fsp3) is 0.875. The lowest BCUT2D eigenvalue weighted by Crippen LogP contribution is -2.45. The number of esters is 1. The van der Waals surface area contributed by atoms with Gasteiger partial charge in [0.1, 0.15) is 0 Å². The van der Waals surface area contributed by atoms with Gasteiger partial charge in [-0.05, 0) is 70.6 Å². The van der Waals surface area contributed by atoms with E-state index in [0.717, 1.165) is 70.6 Å². The molecule has 0 saturated heterocycles. The number of hydrogen-bond donors (Lipinski definition) is 3. The topological polar surface area (TPSA) is 95.9 Å². The highest BCUT2D eigenvalue weighted by Gasteiger charge is 2.20. The van der Waals surface area contributed by atoms with Crippen LogP contribution in [0.2, 0.25) is 0 Å². The van der Waals surface area contributed by atoms with Crippen LogP contribution in [0.15, 0.2) is 24.3 Å². The predicted molar refractivity (Wildman–Crippen MR) is 232 cm³/mol. The van der Waals surface area contributed by atoms with Gasteiger partial charge < -0.3 is 20.3 Å². The Hall–Kier alpha value is -1.66. The number of carbonyl (C=O) groups is 2. The van der Waals surface area contributed by atoms with Crippen LogP contribution in [0.1, 0.15) is 245 Å². The van der Waals surface area contributed by atoms with Crippen molar-refractivity contribution in [1.29, 1.82) is 0 Å². The van der Waals surface area contributed by atoms with E-state index in [1.54, 1.807) is 0 Å². The smallest absolute Gasteiger partial charge is 0.305 e. The van der Waals surface area contributed by atoms with E-state index in [2.05, 4.69) is 43.5 Å². The van der Waals surface area contributed by atoms with E-state index in [-0.39, 0.29) is 18.5 Å². The minimum Gasteiger partial charge on any atom is -0.466 e. The van der Waals surface area contributed by atoms with E-state index in [1.807, 2.05) is 0 Å². The van der Waals surface area contributed by atoms with E-state index >= 15 is 0 Å². The molecule has 0 aliphatic rings. The molecule has 1 amide bonds. The molecule has 0 aromatic rings. The first kappa shape index (κ1) is 52.3. The van der Waals surface area contributed by atoms with E-state index in [0.29, 0.717) is 25.9 Å². The Bertz CT molecular complexity index is 843. The third-order valence-corrected chi connectivity index (χ3v) is 10.7. The van der Waals surface area contributed by atoms with Crippen LogP contribution in [0.5, 0.6) is 0 Å². The summed E-state index contributed by atoms with van der Waals surface area (Å²) in [6.45, 7) is 4.85. The van der Waals surface area contributed by atoms with Crippen molar-refractivity contribution in [3.8, 4) is 0 Å². The quantitative estimate of drug-likeness (QED) is 0.0327. The molecule has 0 rings (SSSR count). The van der Waals surface area contributed by atoms with E-state index in [4.69, 9.17) is 4.74 Å². The van der Waals surface area contributed by atoms with Gasteiger partial charge in [0.25, 0.3) is 0 Å². The monoisotopic (exact) mass is 762 g/mol. The molecule has 318 valence electrons. The minimum absolute atomic E-state index is 0.0243. The van der Waals surface area contributed by atoms with Crippen molar-refractivity contribution >= 4 is 11.9 Å². The summed E-state index contributed by atoms with van der Waals surface area (Å²) in [6, 6.07) is -0.560. The molecule has 6 nitrogen and oxygen atoms in total. The molecule has 0 aliphatic heterocycles. The van der Waals surface area contributed by atoms with Crippen molar-refractivity contribution in [2.75, 3.05) is 13.2 Å². The van der Waals surface area contributed by atoms with Crippen molar-refractivity contribution in [3.63, 3.8) is 0 Å². The standard InChI is InChI=1S/C48H91NO5/c1-3-5-7-9-11-13-15-17-21-24-28-32-36-40-46(51)45(44-50)49-47(52)41-37-33-29-25-22-18-16-19-23-27-31-35-39-43-54-48(53)42-38-34-30-26-20-14-12-10-8-6-4-2/h10,12,18,22,45-46,50-51H,3-9,11,13-17,19-21,23-44H2,1-2H3,(H,49,52)/b12-10-,22-18-. The van der Waals surface area contributed by atoms with Crippen molar-refractivity contribution in [3.05, 3.63) is 24.3 Å². The molecular formula is C48H91NO5. The van der Waals surface area contributed by atoms with Gasteiger partial charge in [0.05, 0.1) is 25.4 Å². The highest BCUT2D eigenvalue weighted by molar-refractivity contribution is 5.76. The fourth-order valence-electron chi connectivity index (χ4n) is 7.02. The van der Waals surface area contributed by atoms with Crippen LogP contribution in [0.4, 0.5) is 0 Å². The number of carbonyl (C=O) groups excluding carboxylic acids is 2. The van der Waals surface area contributed by atoms with Crippen molar-refractivity contribution in [2.24, 2.45) is 0 Å². The number of rotatable bonds is 43. The molecule has 0 spiro atoms. The molecule has 2 unspecified atom stereocenters. The summed E-state index contributed by atoms with van der Waals surface area (Å²) in [6.07, 6.45) is 49.9. The zero-order valence-electron chi connectivity index (χ0n) is 36.0. The molecular weight excluding hydrogens is 671 g/mol. The van der Waals surface area contributed by atoms with Gasteiger partial charge in [0.15, 0.2) is 0 Å². The maximum Gasteiger partial charge on any atom is 0.305 e. The normalized spacial score (nSPS) is 12.9. The van der Waals surface area contributed by atoms with Gasteiger partial charge in [-0.2, -0.15) is 0 Å². The highest BCUT2D eigenvalue weighted by Crippen LogP contribution is 2.15. The number of aliphatic hydroxyl groups excluding tert-OH is 2. The lowest BCUT2D eigenvalue weighted by atomic mass is 10.0. The summed E-state index contributed by atoms with van der Waals surface area (Å²) >= 11 is 0. The summed E-state index contributed by atoms with van der Waals surface area (Å²) in [5, 5.41) is 23.1. The van der Waals surface area contributed by atoms with Crippen LogP contribution in [0.3, 0.4) is 0 Å². The Labute approximate surface area is 335 Å². The Morgan fingerprint density at radius 2 is 0.889 bits per heavy atom. The second-order valence-corrected chi connectivity index (χ2v) is 16.1. The number of nitrogens with one attached hydrogen (secondary N) is 1. The van der Waals surface area contributed by atoms with Crippen LogP contribution in [-0.2, 0) is 14.3 Å². The van der Waals surface area contributed by atoms with Crippen LogP contribution in [0.25, 0.3) is 0 Å². The maximum absolute atomic E-state index is 12.4. The van der Waals surface area contributed by atoms with Gasteiger partial charge in [-0.1, -0.05) is 186 Å². The van der Waals surface area contributed by atoms with Crippen molar-refractivity contribution in [1.82, 2.24) is 5.32 Å². The summed E-state index contributed by atoms with van der Waals surface area (Å²) in [5.74, 6) is -0.0906. The molecule has 0 fully saturated rings. The molecule has 2 atom stereocenters. The first-order valence-corrected chi connectivity index (χ1v) is 23.6. The number of allylic oxidation sites excluding steroid dienone is 4. The first-order chi connectivity index (χ1) is 26.5.